The van der Waals surface area contributed by atoms with Gasteiger partial charge in [0.2, 0.25) is 0 Å². The summed E-state index contributed by atoms with van der Waals surface area (Å²) < 4.78 is 6.03. The number of benzene rings is 1. The van der Waals surface area contributed by atoms with E-state index in [2.05, 4.69) is 21.2 Å². The predicted octanol–water partition coefficient (Wildman–Crippen LogP) is 3.36. The lowest BCUT2D eigenvalue weighted by atomic mass is 9.93. The molecule has 0 aromatic heterocycles. The van der Waals surface area contributed by atoms with Crippen LogP contribution in [0.4, 0.5) is 4.79 Å². The van der Waals surface area contributed by atoms with E-state index in [1.54, 1.807) is 20.8 Å². The molecule has 6 heteroatoms. The van der Waals surface area contributed by atoms with Gasteiger partial charge in [0.25, 0.3) is 0 Å². The van der Waals surface area contributed by atoms with Gasteiger partial charge in [-0.1, -0.05) is 28.1 Å². The van der Waals surface area contributed by atoms with Gasteiger partial charge in [-0.3, -0.25) is 0 Å². The minimum Gasteiger partial charge on any atom is -0.480 e. The summed E-state index contributed by atoms with van der Waals surface area (Å²) >= 11 is 3.32. The quantitative estimate of drug-likeness (QED) is 0.866. The minimum absolute atomic E-state index is 0.162. The number of amides is 1. The topological polar surface area (TPSA) is 75.6 Å². The fourth-order valence-corrected chi connectivity index (χ4v) is 1.98. The van der Waals surface area contributed by atoms with Crippen molar-refractivity contribution in [1.29, 1.82) is 0 Å². The molecule has 2 N–H and O–H groups in total. The van der Waals surface area contributed by atoms with Gasteiger partial charge in [0.05, 0.1) is 0 Å². The van der Waals surface area contributed by atoms with Crippen molar-refractivity contribution >= 4 is 28.0 Å². The molecule has 0 spiro atoms. The van der Waals surface area contributed by atoms with Crippen LogP contribution in [0.5, 0.6) is 0 Å². The number of carboxylic acid groups (broad SMARTS) is 1. The average molecular weight is 358 g/mol. The summed E-state index contributed by atoms with van der Waals surface area (Å²) in [6, 6.07) is 7.26. The number of aliphatic carboxylic acids is 1. The van der Waals surface area contributed by atoms with E-state index >= 15 is 0 Å². The molecule has 0 aliphatic carbocycles. The van der Waals surface area contributed by atoms with E-state index in [0.29, 0.717) is 0 Å². The van der Waals surface area contributed by atoms with Crippen LogP contribution in [-0.4, -0.2) is 28.3 Å². The molecule has 0 bridgehead atoms. The highest BCUT2D eigenvalue weighted by molar-refractivity contribution is 9.10. The van der Waals surface area contributed by atoms with Crippen molar-refractivity contribution in [1.82, 2.24) is 5.32 Å². The van der Waals surface area contributed by atoms with E-state index in [0.717, 1.165) is 10.0 Å². The second-order valence-corrected chi connectivity index (χ2v) is 6.98. The third-order valence-corrected chi connectivity index (χ3v) is 3.25. The van der Waals surface area contributed by atoms with E-state index in [1.165, 1.54) is 6.92 Å². The zero-order valence-corrected chi connectivity index (χ0v) is 14.2. The summed E-state index contributed by atoms with van der Waals surface area (Å²) in [5, 5.41) is 11.9. The highest BCUT2D eigenvalue weighted by Crippen LogP contribution is 2.18. The molecule has 116 valence electrons. The average Bonchev–Trinajstić information content (AvgIpc) is 2.29. The van der Waals surface area contributed by atoms with Crippen molar-refractivity contribution in [3.8, 4) is 0 Å². The molecule has 0 saturated carbocycles. The molecule has 1 unspecified atom stereocenters. The van der Waals surface area contributed by atoms with E-state index in [4.69, 9.17) is 4.74 Å². The zero-order valence-electron chi connectivity index (χ0n) is 12.6. The molecule has 0 fully saturated rings. The molecule has 1 atom stereocenters. The Hall–Kier alpha value is -1.56. The van der Waals surface area contributed by atoms with Crippen LogP contribution in [0.25, 0.3) is 0 Å². The Morgan fingerprint density at radius 2 is 1.71 bits per heavy atom. The molecular weight excluding hydrogens is 338 g/mol. The van der Waals surface area contributed by atoms with Gasteiger partial charge in [-0.15, -0.1) is 0 Å². The number of carboxylic acids is 1. The van der Waals surface area contributed by atoms with Crippen LogP contribution in [0.2, 0.25) is 0 Å². The Morgan fingerprint density at radius 3 is 2.14 bits per heavy atom. The Morgan fingerprint density at radius 1 is 1.19 bits per heavy atom. The first-order chi connectivity index (χ1) is 9.52. The van der Waals surface area contributed by atoms with Crippen molar-refractivity contribution in [3.63, 3.8) is 0 Å². The summed E-state index contributed by atoms with van der Waals surface area (Å²) in [4.78, 5) is 23.3. The molecule has 0 aliphatic heterocycles. The maximum absolute atomic E-state index is 11.8. The van der Waals surface area contributed by atoms with Gasteiger partial charge < -0.3 is 15.2 Å². The number of carbonyl (C=O) groups excluding carboxylic acids is 1. The lowest BCUT2D eigenvalue weighted by molar-refractivity contribution is -0.144. The Kier molecular flexibility index (Phi) is 5.39. The number of hydrogen-bond donors (Lipinski definition) is 2. The molecule has 5 nitrogen and oxygen atoms in total. The van der Waals surface area contributed by atoms with Crippen molar-refractivity contribution in [3.05, 3.63) is 34.3 Å². The van der Waals surface area contributed by atoms with E-state index in [9.17, 15) is 14.7 Å². The summed E-state index contributed by atoms with van der Waals surface area (Å²) in [5.74, 6) is -1.11. The monoisotopic (exact) mass is 357 g/mol. The number of carbonyl (C=O) groups is 2. The second-order valence-electron chi connectivity index (χ2n) is 6.07. The fraction of sp³-hybridized carbons (Fsp3) is 0.467. The van der Waals surface area contributed by atoms with Gasteiger partial charge in [-0.2, -0.15) is 0 Å². The summed E-state index contributed by atoms with van der Waals surface area (Å²) in [6.45, 7) is 6.62. The van der Waals surface area contributed by atoms with Crippen LogP contribution in [0.3, 0.4) is 0 Å². The van der Waals surface area contributed by atoms with Crippen molar-refractivity contribution in [2.24, 2.45) is 0 Å². The molecule has 0 aliphatic rings. The summed E-state index contributed by atoms with van der Waals surface area (Å²) in [7, 11) is 0. The Bertz CT molecular complexity index is 521. The zero-order chi connectivity index (χ0) is 16.3. The number of halogens is 1. The van der Waals surface area contributed by atoms with E-state index in [1.807, 2.05) is 24.3 Å². The smallest absolute Gasteiger partial charge is 0.408 e. The SMILES string of the molecule is CC(C)(C)OC(=O)NC(C)(Cc1ccc(Br)cc1)C(=O)O. The van der Waals surface area contributed by atoms with Gasteiger partial charge >= 0.3 is 12.1 Å². The Labute approximate surface area is 132 Å². The van der Waals surface area contributed by atoms with Crippen molar-refractivity contribution in [2.45, 2.75) is 45.3 Å². The largest absolute Gasteiger partial charge is 0.480 e. The highest BCUT2D eigenvalue weighted by atomic mass is 79.9. The van der Waals surface area contributed by atoms with Crippen molar-refractivity contribution in [2.75, 3.05) is 0 Å². The normalized spacial score (nSPS) is 14.1. The van der Waals surface area contributed by atoms with E-state index in [-0.39, 0.29) is 6.42 Å². The number of alkyl carbamates (subject to hydrolysis) is 1. The van der Waals surface area contributed by atoms with Gasteiger partial charge in [-0.25, -0.2) is 9.59 Å². The van der Waals surface area contributed by atoms with Gasteiger partial charge in [0.1, 0.15) is 11.1 Å². The first kappa shape index (κ1) is 17.5. The fourth-order valence-electron chi connectivity index (χ4n) is 1.71. The standard InChI is InChI=1S/C15H20BrNO4/c1-14(2,3)21-13(20)17-15(4,12(18)19)9-10-5-7-11(16)8-6-10/h5-8H,9H2,1-4H3,(H,17,20)(H,18,19). The third-order valence-electron chi connectivity index (χ3n) is 2.72. The molecule has 21 heavy (non-hydrogen) atoms. The van der Waals surface area contributed by atoms with Crippen molar-refractivity contribution < 1.29 is 19.4 Å². The maximum atomic E-state index is 11.8. The van der Waals surface area contributed by atoms with Gasteiger partial charge in [0, 0.05) is 10.9 Å². The molecule has 1 aromatic rings. The number of hydrogen-bond acceptors (Lipinski definition) is 3. The summed E-state index contributed by atoms with van der Waals surface area (Å²) in [5.41, 5.74) is -1.31. The molecule has 0 saturated heterocycles. The molecule has 0 heterocycles. The van der Waals surface area contributed by atoms with Gasteiger partial charge in [0.15, 0.2) is 0 Å². The second kappa shape index (κ2) is 6.47. The minimum atomic E-state index is -1.43. The Balaban J connectivity index is 2.86. The molecular formula is C15H20BrNO4. The first-order valence-electron chi connectivity index (χ1n) is 6.51. The van der Waals surface area contributed by atoms with E-state index < -0.39 is 23.2 Å². The molecule has 1 aromatic carbocycles. The number of rotatable bonds is 4. The van der Waals surface area contributed by atoms with Crippen LogP contribution >= 0.6 is 15.9 Å². The highest BCUT2D eigenvalue weighted by Gasteiger charge is 2.36. The van der Waals surface area contributed by atoms with Crippen LogP contribution < -0.4 is 5.32 Å². The predicted molar refractivity (Wildman–Crippen MR) is 83.3 cm³/mol. The lowest BCUT2D eigenvalue weighted by Gasteiger charge is -2.28. The number of ether oxygens (including phenoxy) is 1. The van der Waals surface area contributed by atoms with Crippen LogP contribution in [0, 0.1) is 0 Å². The van der Waals surface area contributed by atoms with Crippen LogP contribution in [0.15, 0.2) is 28.7 Å². The first-order valence-corrected chi connectivity index (χ1v) is 7.30. The summed E-state index contributed by atoms with van der Waals surface area (Å²) in [6.07, 6.45) is -0.584. The number of nitrogens with one attached hydrogen (secondary N) is 1. The maximum Gasteiger partial charge on any atom is 0.408 e. The van der Waals surface area contributed by atoms with Crippen LogP contribution in [0.1, 0.15) is 33.3 Å². The molecule has 1 amide bonds. The lowest BCUT2D eigenvalue weighted by Crippen LogP contribution is -2.54. The molecule has 1 rings (SSSR count). The van der Waals surface area contributed by atoms with Gasteiger partial charge in [-0.05, 0) is 45.4 Å². The molecule has 0 radical (unpaired) electrons. The van der Waals surface area contributed by atoms with Crippen LogP contribution in [-0.2, 0) is 16.0 Å². The third kappa shape index (κ3) is 5.75.